The predicted molar refractivity (Wildman–Crippen MR) is 161 cm³/mol. The first kappa shape index (κ1) is 27.5. The Morgan fingerprint density at radius 2 is 1.49 bits per heavy atom. The minimum atomic E-state index is -1.16. The zero-order valence-electron chi connectivity index (χ0n) is 22.1. The molecule has 0 spiro atoms. The van der Waals surface area contributed by atoms with E-state index in [0.717, 1.165) is 59.3 Å². The molecule has 1 heterocycles. The fraction of sp³-hybridized carbons (Fsp3) is 0.273. The van der Waals surface area contributed by atoms with Crippen molar-refractivity contribution in [2.75, 3.05) is 44.7 Å². The quantitative estimate of drug-likeness (QED) is 0.238. The summed E-state index contributed by atoms with van der Waals surface area (Å²) in [6.45, 7) is 4.28. The van der Waals surface area contributed by atoms with Crippen molar-refractivity contribution in [3.63, 3.8) is 0 Å². The van der Waals surface area contributed by atoms with Crippen molar-refractivity contribution < 1.29 is 9.84 Å². The van der Waals surface area contributed by atoms with Gasteiger partial charge in [-0.1, -0.05) is 83.9 Å². The normalized spacial score (nSPS) is 16.5. The van der Waals surface area contributed by atoms with Gasteiger partial charge >= 0.3 is 0 Å². The minimum Gasteiger partial charge on any atom is -0.497 e. The molecule has 4 aromatic carbocycles. The molecule has 0 aromatic heterocycles. The van der Waals surface area contributed by atoms with E-state index in [-0.39, 0.29) is 5.92 Å². The molecule has 5 rings (SSSR count). The maximum absolute atomic E-state index is 12.7. The van der Waals surface area contributed by atoms with Crippen molar-refractivity contribution in [2.24, 2.45) is 0 Å². The summed E-state index contributed by atoms with van der Waals surface area (Å²) in [7, 11) is 1.66. The van der Waals surface area contributed by atoms with E-state index in [1.165, 1.54) is 0 Å². The van der Waals surface area contributed by atoms with Gasteiger partial charge in [-0.25, -0.2) is 0 Å². The number of piperazine rings is 1. The Hall–Kier alpha value is -3.02. The largest absolute Gasteiger partial charge is 0.497 e. The summed E-state index contributed by atoms with van der Waals surface area (Å²) < 4.78 is 5.42. The van der Waals surface area contributed by atoms with Crippen LogP contribution >= 0.6 is 23.2 Å². The van der Waals surface area contributed by atoms with E-state index >= 15 is 0 Å². The molecule has 0 saturated carbocycles. The number of ether oxygens (including phenoxy) is 1. The van der Waals surface area contributed by atoms with Crippen LogP contribution in [0.5, 0.6) is 5.75 Å². The summed E-state index contributed by atoms with van der Waals surface area (Å²) in [6, 6.07) is 34.0. The monoisotopic (exact) mass is 560 g/mol. The smallest absolute Gasteiger partial charge is 0.118 e. The van der Waals surface area contributed by atoms with Crippen LogP contribution in [0, 0.1) is 0 Å². The highest BCUT2D eigenvalue weighted by Crippen LogP contribution is 2.41. The lowest BCUT2D eigenvalue weighted by atomic mass is 9.73. The highest BCUT2D eigenvalue weighted by molar-refractivity contribution is 6.31. The van der Waals surface area contributed by atoms with Gasteiger partial charge in [-0.3, -0.25) is 4.90 Å². The molecule has 6 heteroatoms. The molecule has 1 saturated heterocycles. The molecule has 39 heavy (non-hydrogen) atoms. The van der Waals surface area contributed by atoms with Crippen LogP contribution in [0.3, 0.4) is 0 Å². The topological polar surface area (TPSA) is 35.9 Å². The van der Waals surface area contributed by atoms with Crippen LogP contribution in [0.4, 0.5) is 5.69 Å². The first-order valence-electron chi connectivity index (χ1n) is 13.3. The van der Waals surface area contributed by atoms with Gasteiger partial charge in [0.05, 0.1) is 7.11 Å². The Balaban J connectivity index is 1.47. The molecule has 202 valence electrons. The van der Waals surface area contributed by atoms with Gasteiger partial charge in [0.2, 0.25) is 0 Å². The van der Waals surface area contributed by atoms with Crippen LogP contribution in [0.15, 0.2) is 103 Å². The minimum absolute atomic E-state index is 0.193. The third-order valence-corrected chi connectivity index (χ3v) is 8.23. The average molecular weight is 562 g/mol. The molecule has 0 bridgehead atoms. The molecule has 1 aliphatic heterocycles. The highest BCUT2D eigenvalue weighted by atomic mass is 35.5. The lowest BCUT2D eigenvalue weighted by molar-refractivity contribution is -0.00553. The van der Waals surface area contributed by atoms with E-state index in [9.17, 15) is 5.11 Å². The second-order valence-electron chi connectivity index (χ2n) is 10.2. The number of hydrogen-bond acceptors (Lipinski definition) is 4. The van der Waals surface area contributed by atoms with Gasteiger partial charge in [0.15, 0.2) is 0 Å². The molecule has 0 amide bonds. The van der Waals surface area contributed by atoms with Crippen LogP contribution in [0.2, 0.25) is 10.0 Å². The second-order valence-corrected chi connectivity index (χ2v) is 11.1. The van der Waals surface area contributed by atoms with Crippen molar-refractivity contribution in [3.05, 3.63) is 130 Å². The first-order valence-corrected chi connectivity index (χ1v) is 14.1. The Morgan fingerprint density at radius 3 is 2.13 bits per heavy atom. The Labute approximate surface area is 241 Å². The molecule has 1 N–H and O–H groups in total. The van der Waals surface area contributed by atoms with Crippen molar-refractivity contribution in [1.82, 2.24) is 4.90 Å². The van der Waals surface area contributed by atoms with E-state index in [1.807, 2.05) is 72.8 Å². The van der Waals surface area contributed by atoms with Crippen LogP contribution in [0.25, 0.3) is 0 Å². The third-order valence-electron chi connectivity index (χ3n) is 7.74. The Morgan fingerprint density at radius 1 is 0.795 bits per heavy atom. The standard InChI is InChI=1S/C33H34Cl2N2O2/c1-39-31-16-12-27(13-17-31)33(38,23-25-6-3-2-4-7-25)32(26-10-14-28(34)15-11-26)24-36-18-20-37(21-19-36)30-9-5-8-29(35)22-30/h2-17,22,32,38H,18-21,23-24H2,1H3/t32-,33+/m1/s1. The van der Waals surface area contributed by atoms with Crippen molar-refractivity contribution >= 4 is 28.9 Å². The van der Waals surface area contributed by atoms with Crippen LogP contribution in [-0.4, -0.2) is 49.8 Å². The van der Waals surface area contributed by atoms with E-state index in [1.54, 1.807) is 7.11 Å². The zero-order valence-corrected chi connectivity index (χ0v) is 23.7. The summed E-state index contributed by atoms with van der Waals surface area (Å²) in [5, 5.41) is 14.2. The van der Waals surface area contributed by atoms with Crippen LogP contribution < -0.4 is 9.64 Å². The highest BCUT2D eigenvalue weighted by Gasteiger charge is 2.41. The molecule has 1 fully saturated rings. The number of nitrogens with zero attached hydrogens (tertiary/aromatic N) is 2. The van der Waals surface area contributed by atoms with E-state index in [2.05, 4.69) is 40.1 Å². The van der Waals surface area contributed by atoms with Crippen molar-refractivity contribution in [3.8, 4) is 5.75 Å². The van der Waals surface area contributed by atoms with Gasteiger partial charge < -0.3 is 14.7 Å². The predicted octanol–water partition coefficient (Wildman–Crippen LogP) is 7.04. The SMILES string of the molecule is COc1ccc([C@@](O)(Cc2ccccc2)[C@H](CN2CCN(c3cccc(Cl)c3)CC2)c2ccc(Cl)cc2)cc1. The van der Waals surface area contributed by atoms with Gasteiger partial charge in [-0.2, -0.15) is 0 Å². The molecule has 2 atom stereocenters. The van der Waals surface area contributed by atoms with E-state index < -0.39 is 5.60 Å². The summed E-state index contributed by atoms with van der Waals surface area (Å²) in [5.74, 6) is 0.571. The third kappa shape index (κ3) is 6.59. The van der Waals surface area contributed by atoms with Gasteiger partial charge in [-0.05, 0) is 59.2 Å². The first-order chi connectivity index (χ1) is 18.9. The Kier molecular flexibility index (Phi) is 8.79. The van der Waals surface area contributed by atoms with Crippen molar-refractivity contribution in [2.45, 2.75) is 17.9 Å². The number of rotatable bonds is 9. The summed E-state index contributed by atoms with van der Waals surface area (Å²) in [6.07, 6.45) is 0.482. The fourth-order valence-electron chi connectivity index (χ4n) is 5.56. The molecule has 4 nitrogen and oxygen atoms in total. The van der Waals surface area contributed by atoms with Crippen molar-refractivity contribution in [1.29, 1.82) is 0 Å². The summed E-state index contributed by atoms with van der Waals surface area (Å²) in [5.41, 5.74) is 3.00. The van der Waals surface area contributed by atoms with Crippen LogP contribution in [-0.2, 0) is 12.0 Å². The molecule has 0 radical (unpaired) electrons. The molecule has 0 aliphatic carbocycles. The maximum Gasteiger partial charge on any atom is 0.118 e. The Bertz CT molecular complexity index is 1340. The van der Waals surface area contributed by atoms with E-state index in [0.29, 0.717) is 18.0 Å². The fourth-order valence-corrected chi connectivity index (χ4v) is 5.87. The molecule has 0 unspecified atom stereocenters. The van der Waals surface area contributed by atoms with Gasteiger partial charge in [0, 0.05) is 60.8 Å². The van der Waals surface area contributed by atoms with Gasteiger partial charge in [0.25, 0.3) is 0 Å². The number of benzene rings is 4. The van der Waals surface area contributed by atoms with Crippen LogP contribution in [0.1, 0.15) is 22.6 Å². The lowest BCUT2D eigenvalue weighted by Crippen LogP contribution is -2.50. The van der Waals surface area contributed by atoms with Gasteiger partial charge in [-0.15, -0.1) is 0 Å². The molecular formula is C33H34Cl2N2O2. The van der Waals surface area contributed by atoms with E-state index in [4.69, 9.17) is 27.9 Å². The second kappa shape index (κ2) is 12.4. The maximum atomic E-state index is 12.7. The lowest BCUT2D eigenvalue weighted by Gasteiger charge is -2.43. The summed E-state index contributed by atoms with van der Waals surface area (Å²) in [4.78, 5) is 4.83. The molecule has 1 aliphatic rings. The number of anilines is 1. The molecule has 4 aromatic rings. The number of hydrogen-bond donors (Lipinski definition) is 1. The number of methoxy groups -OCH3 is 1. The number of aliphatic hydroxyl groups is 1. The summed E-state index contributed by atoms with van der Waals surface area (Å²) >= 11 is 12.5. The molecular weight excluding hydrogens is 527 g/mol. The average Bonchev–Trinajstić information content (AvgIpc) is 2.97. The zero-order chi connectivity index (χ0) is 27.2. The number of halogens is 2. The van der Waals surface area contributed by atoms with Gasteiger partial charge in [0.1, 0.15) is 11.4 Å².